The van der Waals surface area contributed by atoms with Gasteiger partial charge in [0, 0.05) is 17.5 Å². The van der Waals surface area contributed by atoms with Crippen molar-refractivity contribution in [2.75, 3.05) is 7.11 Å². The number of methoxy groups -OCH3 is 1. The van der Waals surface area contributed by atoms with Crippen molar-refractivity contribution in [3.05, 3.63) is 70.5 Å². The SMILES string of the molecule is CCn1nc(CC(=O)N[C@@H](C)c2nc(-c3ccc(OC)cc3)no2)c2ccccc2c1=O. The van der Waals surface area contributed by atoms with Crippen LogP contribution in [-0.2, 0) is 17.8 Å². The van der Waals surface area contributed by atoms with Crippen molar-refractivity contribution < 1.29 is 14.1 Å². The lowest BCUT2D eigenvalue weighted by Gasteiger charge is -2.12. The molecular weight excluding hydrogens is 410 g/mol. The molecule has 9 nitrogen and oxygen atoms in total. The summed E-state index contributed by atoms with van der Waals surface area (Å²) in [6.45, 7) is 4.03. The summed E-state index contributed by atoms with van der Waals surface area (Å²) in [6, 6.07) is 13.9. The topological polar surface area (TPSA) is 112 Å². The Labute approximate surface area is 184 Å². The van der Waals surface area contributed by atoms with Crippen molar-refractivity contribution >= 4 is 16.7 Å². The summed E-state index contributed by atoms with van der Waals surface area (Å²) >= 11 is 0. The van der Waals surface area contributed by atoms with E-state index >= 15 is 0 Å². The van der Waals surface area contributed by atoms with Gasteiger partial charge in [0.15, 0.2) is 0 Å². The smallest absolute Gasteiger partial charge is 0.274 e. The molecule has 1 amide bonds. The van der Waals surface area contributed by atoms with E-state index in [-0.39, 0.29) is 17.9 Å². The van der Waals surface area contributed by atoms with E-state index in [4.69, 9.17) is 9.26 Å². The second-order valence-corrected chi connectivity index (χ2v) is 7.26. The molecule has 0 aliphatic rings. The second-order valence-electron chi connectivity index (χ2n) is 7.26. The zero-order chi connectivity index (χ0) is 22.7. The van der Waals surface area contributed by atoms with Crippen molar-refractivity contribution in [1.82, 2.24) is 25.2 Å². The van der Waals surface area contributed by atoms with E-state index in [0.717, 1.165) is 11.3 Å². The number of hydrogen-bond acceptors (Lipinski definition) is 7. The van der Waals surface area contributed by atoms with Gasteiger partial charge in [-0.05, 0) is 44.2 Å². The molecule has 0 aliphatic heterocycles. The van der Waals surface area contributed by atoms with E-state index in [1.165, 1.54) is 4.68 Å². The van der Waals surface area contributed by atoms with Gasteiger partial charge in [0.1, 0.15) is 11.8 Å². The van der Waals surface area contributed by atoms with Gasteiger partial charge < -0.3 is 14.6 Å². The van der Waals surface area contributed by atoms with Crippen LogP contribution >= 0.6 is 0 Å². The highest BCUT2D eigenvalue weighted by Gasteiger charge is 2.19. The number of nitrogens with one attached hydrogen (secondary N) is 1. The van der Waals surface area contributed by atoms with Crippen LogP contribution in [0.1, 0.15) is 31.5 Å². The number of nitrogens with zero attached hydrogens (tertiary/aromatic N) is 4. The summed E-state index contributed by atoms with van der Waals surface area (Å²) in [7, 11) is 1.60. The van der Waals surface area contributed by atoms with Crippen molar-refractivity contribution in [3.8, 4) is 17.1 Å². The maximum absolute atomic E-state index is 12.7. The lowest BCUT2D eigenvalue weighted by Crippen LogP contribution is -2.30. The Morgan fingerprint density at radius 2 is 1.88 bits per heavy atom. The number of aryl methyl sites for hydroxylation is 1. The van der Waals surface area contributed by atoms with Gasteiger partial charge in [-0.25, -0.2) is 4.68 Å². The molecule has 2 heterocycles. The van der Waals surface area contributed by atoms with E-state index in [9.17, 15) is 9.59 Å². The Morgan fingerprint density at radius 3 is 2.56 bits per heavy atom. The third-order valence-corrected chi connectivity index (χ3v) is 5.11. The molecule has 0 aliphatic carbocycles. The Kier molecular flexibility index (Phi) is 5.98. The standard InChI is InChI=1S/C23H23N5O4/c1-4-28-23(30)18-8-6-5-7-17(18)19(26-28)13-20(29)24-14(2)22-25-21(27-32-22)15-9-11-16(31-3)12-10-15/h5-12,14H,4,13H2,1-3H3,(H,24,29)/t14-/m0/s1. The first-order valence-corrected chi connectivity index (χ1v) is 10.3. The Bertz CT molecular complexity index is 1310. The molecular formula is C23H23N5O4. The molecule has 1 N–H and O–H groups in total. The highest BCUT2D eigenvalue weighted by molar-refractivity contribution is 5.88. The molecule has 4 rings (SSSR count). The molecule has 2 aromatic carbocycles. The molecule has 1 atom stereocenters. The maximum Gasteiger partial charge on any atom is 0.274 e. The van der Waals surface area contributed by atoms with Crippen molar-refractivity contribution in [3.63, 3.8) is 0 Å². The number of fused-ring (bicyclic) bond motifs is 1. The van der Waals surface area contributed by atoms with Crippen molar-refractivity contribution in [2.24, 2.45) is 0 Å². The van der Waals surface area contributed by atoms with Gasteiger partial charge >= 0.3 is 0 Å². The van der Waals surface area contributed by atoms with E-state index in [1.807, 2.05) is 37.3 Å². The first-order valence-electron chi connectivity index (χ1n) is 10.3. The normalized spacial score (nSPS) is 12.0. The average Bonchev–Trinajstić information content (AvgIpc) is 3.31. The first-order chi connectivity index (χ1) is 15.5. The highest BCUT2D eigenvalue weighted by atomic mass is 16.5. The predicted molar refractivity (Wildman–Crippen MR) is 118 cm³/mol. The monoisotopic (exact) mass is 433 g/mol. The van der Waals surface area contributed by atoms with Gasteiger partial charge in [-0.2, -0.15) is 10.1 Å². The number of amides is 1. The number of hydrogen-bond donors (Lipinski definition) is 1. The van der Waals surface area contributed by atoms with Crippen LogP contribution in [0.4, 0.5) is 0 Å². The van der Waals surface area contributed by atoms with Crippen molar-refractivity contribution in [1.29, 1.82) is 0 Å². The zero-order valence-electron chi connectivity index (χ0n) is 18.0. The van der Waals surface area contributed by atoms with Crippen LogP contribution in [0, 0.1) is 0 Å². The molecule has 0 saturated heterocycles. The molecule has 32 heavy (non-hydrogen) atoms. The summed E-state index contributed by atoms with van der Waals surface area (Å²) in [5.41, 5.74) is 1.14. The fourth-order valence-electron chi connectivity index (χ4n) is 3.42. The van der Waals surface area contributed by atoms with Gasteiger partial charge in [0.25, 0.3) is 5.56 Å². The van der Waals surface area contributed by atoms with E-state index in [1.54, 1.807) is 32.2 Å². The first kappa shape index (κ1) is 21.2. The van der Waals surface area contributed by atoms with Crippen LogP contribution in [-0.4, -0.2) is 32.9 Å². The third-order valence-electron chi connectivity index (χ3n) is 5.11. The van der Waals surface area contributed by atoms with Crippen LogP contribution in [0.5, 0.6) is 5.75 Å². The fraction of sp³-hybridized carbons (Fsp3) is 0.261. The van der Waals surface area contributed by atoms with Crippen LogP contribution in [0.15, 0.2) is 57.8 Å². The Hall–Kier alpha value is -4.01. The third kappa shape index (κ3) is 4.22. The summed E-state index contributed by atoms with van der Waals surface area (Å²) in [5.74, 6) is 1.18. The van der Waals surface area contributed by atoms with Crippen LogP contribution in [0.3, 0.4) is 0 Å². The summed E-state index contributed by atoms with van der Waals surface area (Å²) in [5, 5.41) is 12.5. The van der Waals surface area contributed by atoms with E-state index in [2.05, 4.69) is 20.6 Å². The quantitative estimate of drug-likeness (QED) is 0.477. The Morgan fingerprint density at radius 1 is 1.16 bits per heavy atom. The minimum atomic E-state index is -0.495. The number of carbonyl (C=O) groups is 1. The molecule has 0 saturated carbocycles. The van der Waals surface area contributed by atoms with Gasteiger partial charge in [-0.3, -0.25) is 9.59 Å². The van der Waals surface area contributed by atoms with Crippen LogP contribution in [0.2, 0.25) is 0 Å². The summed E-state index contributed by atoms with van der Waals surface area (Å²) in [6.07, 6.45) is 0.0185. The van der Waals surface area contributed by atoms with Gasteiger partial charge in [0.2, 0.25) is 17.6 Å². The van der Waals surface area contributed by atoms with Crippen LogP contribution in [0.25, 0.3) is 22.2 Å². The molecule has 0 fully saturated rings. The minimum Gasteiger partial charge on any atom is -0.497 e. The highest BCUT2D eigenvalue weighted by Crippen LogP contribution is 2.21. The van der Waals surface area contributed by atoms with Crippen LogP contribution < -0.4 is 15.6 Å². The lowest BCUT2D eigenvalue weighted by molar-refractivity contribution is -0.121. The lowest BCUT2D eigenvalue weighted by atomic mass is 10.1. The molecule has 9 heteroatoms. The Balaban J connectivity index is 1.50. The summed E-state index contributed by atoms with van der Waals surface area (Å²) in [4.78, 5) is 29.6. The molecule has 4 aromatic rings. The minimum absolute atomic E-state index is 0.0185. The van der Waals surface area contributed by atoms with Crippen molar-refractivity contribution in [2.45, 2.75) is 32.9 Å². The number of carbonyl (C=O) groups excluding carboxylic acids is 1. The molecule has 0 radical (unpaired) electrons. The largest absolute Gasteiger partial charge is 0.497 e. The number of aromatic nitrogens is 4. The molecule has 2 aromatic heterocycles. The zero-order valence-corrected chi connectivity index (χ0v) is 18.0. The number of ether oxygens (including phenoxy) is 1. The van der Waals surface area contributed by atoms with E-state index in [0.29, 0.717) is 34.7 Å². The maximum atomic E-state index is 12.7. The fourth-order valence-corrected chi connectivity index (χ4v) is 3.42. The number of benzene rings is 2. The molecule has 0 spiro atoms. The van der Waals surface area contributed by atoms with Gasteiger partial charge in [-0.15, -0.1) is 0 Å². The summed E-state index contributed by atoms with van der Waals surface area (Å²) < 4.78 is 11.9. The van der Waals surface area contributed by atoms with Gasteiger partial charge in [0.05, 0.1) is 24.6 Å². The number of rotatable bonds is 7. The second kappa shape index (κ2) is 9.01. The van der Waals surface area contributed by atoms with Gasteiger partial charge in [-0.1, -0.05) is 23.4 Å². The van der Waals surface area contributed by atoms with E-state index < -0.39 is 6.04 Å². The average molecular weight is 433 g/mol. The molecule has 164 valence electrons. The molecule has 0 bridgehead atoms. The predicted octanol–water partition coefficient (Wildman–Crippen LogP) is 2.89. The molecule has 0 unspecified atom stereocenters.